The van der Waals surface area contributed by atoms with Gasteiger partial charge in [-0.05, 0) is 6.92 Å². The summed E-state index contributed by atoms with van der Waals surface area (Å²) in [6.07, 6.45) is 0. The molecule has 1 aromatic rings. The van der Waals surface area contributed by atoms with Crippen molar-refractivity contribution in [3.63, 3.8) is 0 Å². The number of anilines is 1. The van der Waals surface area contributed by atoms with E-state index >= 15 is 0 Å². The molecule has 15 heavy (non-hydrogen) atoms. The summed E-state index contributed by atoms with van der Waals surface area (Å²) in [6.45, 7) is 7.33. The fourth-order valence-electron chi connectivity index (χ4n) is 1.59. The van der Waals surface area contributed by atoms with E-state index in [-0.39, 0.29) is 0 Å². The average molecular weight is 227 g/mol. The van der Waals surface area contributed by atoms with Gasteiger partial charge in [0.05, 0.1) is 0 Å². The first-order valence-corrected chi connectivity index (χ1v) is 6.51. The van der Waals surface area contributed by atoms with Gasteiger partial charge in [-0.1, -0.05) is 18.9 Å². The molecular formula is C10H17N3OS. The topological polar surface area (TPSA) is 42.2 Å². The Labute approximate surface area is 94.4 Å². The SMILES string of the molecule is CC(C)c1nnc(N2CCSCC2C)o1. The summed E-state index contributed by atoms with van der Waals surface area (Å²) in [6, 6.07) is 1.18. The molecule has 1 aliphatic heterocycles. The van der Waals surface area contributed by atoms with E-state index in [0.29, 0.717) is 18.0 Å². The lowest BCUT2D eigenvalue weighted by molar-refractivity contribution is 0.454. The maximum Gasteiger partial charge on any atom is 0.318 e. The molecule has 1 aliphatic rings. The van der Waals surface area contributed by atoms with Crippen LogP contribution in [0.2, 0.25) is 0 Å². The predicted molar refractivity (Wildman–Crippen MR) is 62.5 cm³/mol. The molecule has 0 saturated carbocycles. The molecule has 0 bridgehead atoms. The van der Waals surface area contributed by atoms with E-state index in [0.717, 1.165) is 23.9 Å². The highest BCUT2D eigenvalue weighted by Gasteiger charge is 2.23. The monoisotopic (exact) mass is 227 g/mol. The number of nitrogens with zero attached hydrogens (tertiary/aromatic N) is 3. The number of thioether (sulfide) groups is 1. The van der Waals surface area contributed by atoms with E-state index in [2.05, 4.69) is 35.9 Å². The Morgan fingerprint density at radius 3 is 2.87 bits per heavy atom. The Bertz CT molecular complexity index is 326. The molecule has 4 nitrogen and oxygen atoms in total. The third-order valence-electron chi connectivity index (χ3n) is 2.54. The Kier molecular flexibility index (Phi) is 3.19. The molecule has 2 heterocycles. The molecular weight excluding hydrogens is 210 g/mol. The summed E-state index contributed by atoms with van der Waals surface area (Å²) in [5.74, 6) is 3.32. The smallest absolute Gasteiger partial charge is 0.318 e. The molecule has 1 atom stereocenters. The van der Waals surface area contributed by atoms with Crippen molar-refractivity contribution in [1.29, 1.82) is 0 Å². The molecule has 0 spiro atoms. The largest absolute Gasteiger partial charge is 0.408 e. The number of rotatable bonds is 2. The van der Waals surface area contributed by atoms with Crippen LogP contribution in [0.5, 0.6) is 0 Å². The Morgan fingerprint density at radius 1 is 1.47 bits per heavy atom. The molecule has 1 fully saturated rings. The zero-order valence-electron chi connectivity index (χ0n) is 9.43. The van der Waals surface area contributed by atoms with Crippen LogP contribution in [0.3, 0.4) is 0 Å². The normalized spacial score (nSPS) is 22.4. The van der Waals surface area contributed by atoms with Crippen molar-refractivity contribution in [2.45, 2.75) is 32.7 Å². The zero-order valence-corrected chi connectivity index (χ0v) is 10.3. The molecule has 0 N–H and O–H groups in total. The van der Waals surface area contributed by atoms with Gasteiger partial charge >= 0.3 is 6.01 Å². The first kappa shape index (κ1) is 10.8. The van der Waals surface area contributed by atoms with Crippen LogP contribution in [0.1, 0.15) is 32.6 Å². The highest BCUT2D eigenvalue weighted by molar-refractivity contribution is 7.99. The van der Waals surface area contributed by atoms with Crippen LogP contribution in [-0.2, 0) is 0 Å². The van der Waals surface area contributed by atoms with E-state index in [1.165, 1.54) is 0 Å². The molecule has 1 aromatic heterocycles. The standard InChI is InChI=1S/C10H17N3OS/c1-7(2)9-11-12-10(14-9)13-4-5-15-6-8(13)3/h7-8H,4-6H2,1-3H3. The molecule has 1 unspecified atom stereocenters. The van der Waals surface area contributed by atoms with Crippen LogP contribution in [-0.4, -0.2) is 34.3 Å². The van der Waals surface area contributed by atoms with Crippen LogP contribution < -0.4 is 4.90 Å². The maximum absolute atomic E-state index is 5.65. The Hall–Kier alpha value is -0.710. The van der Waals surface area contributed by atoms with Crippen molar-refractivity contribution >= 4 is 17.8 Å². The van der Waals surface area contributed by atoms with E-state index in [1.807, 2.05) is 11.8 Å². The fraction of sp³-hybridized carbons (Fsp3) is 0.800. The van der Waals surface area contributed by atoms with Crippen molar-refractivity contribution in [2.75, 3.05) is 23.0 Å². The lowest BCUT2D eigenvalue weighted by Crippen LogP contribution is -2.40. The molecule has 2 rings (SSSR count). The Morgan fingerprint density at radius 2 is 2.27 bits per heavy atom. The van der Waals surface area contributed by atoms with Gasteiger partial charge in [-0.3, -0.25) is 0 Å². The lowest BCUT2D eigenvalue weighted by Gasteiger charge is -2.31. The summed E-state index contributed by atoms with van der Waals surface area (Å²) >= 11 is 1.98. The van der Waals surface area contributed by atoms with Crippen molar-refractivity contribution in [3.05, 3.63) is 5.89 Å². The van der Waals surface area contributed by atoms with Crippen LogP contribution in [0.4, 0.5) is 6.01 Å². The minimum atomic E-state index is 0.306. The molecule has 84 valence electrons. The molecule has 0 aliphatic carbocycles. The molecule has 5 heteroatoms. The van der Waals surface area contributed by atoms with Crippen molar-refractivity contribution in [3.8, 4) is 0 Å². The summed E-state index contributed by atoms with van der Waals surface area (Å²) in [7, 11) is 0. The van der Waals surface area contributed by atoms with E-state index in [1.54, 1.807) is 0 Å². The highest BCUT2D eigenvalue weighted by Crippen LogP contribution is 2.24. The average Bonchev–Trinajstić information content (AvgIpc) is 2.67. The molecule has 0 amide bonds. The first-order chi connectivity index (χ1) is 7.18. The van der Waals surface area contributed by atoms with Gasteiger partial charge in [0.1, 0.15) is 0 Å². The quantitative estimate of drug-likeness (QED) is 0.774. The van der Waals surface area contributed by atoms with Crippen LogP contribution in [0, 0.1) is 0 Å². The minimum Gasteiger partial charge on any atom is -0.408 e. The number of aromatic nitrogens is 2. The molecule has 0 aromatic carbocycles. The third kappa shape index (κ3) is 2.27. The fourth-order valence-corrected chi connectivity index (χ4v) is 2.60. The Balaban J connectivity index is 2.13. The molecule has 0 radical (unpaired) electrons. The van der Waals surface area contributed by atoms with Gasteiger partial charge in [-0.25, -0.2) is 0 Å². The lowest BCUT2D eigenvalue weighted by atomic mass is 10.2. The van der Waals surface area contributed by atoms with Crippen LogP contribution >= 0.6 is 11.8 Å². The van der Waals surface area contributed by atoms with E-state index in [9.17, 15) is 0 Å². The second-order valence-corrected chi connectivity index (χ2v) is 5.34. The second kappa shape index (κ2) is 4.43. The van der Waals surface area contributed by atoms with E-state index < -0.39 is 0 Å². The van der Waals surface area contributed by atoms with Gasteiger partial charge in [0.2, 0.25) is 5.89 Å². The van der Waals surface area contributed by atoms with Gasteiger partial charge in [-0.15, -0.1) is 5.10 Å². The number of hydrogen-bond acceptors (Lipinski definition) is 5. The van der Waals surface area contributed by atoms with Gasteiger partial charge in [0, 0.05) is 30.0 Å². The highest BCUT2D eigenvalue weighted by atomic mass is 32.2. The van der Waals surface area contributed by atoms with E-state index in [4.69, 9.17) is 4.42 Å². The van der Waals surface area contributed by atoms with Crippen LogP contribution in [0.15, 0.2) is 4.42 Å². The van der Waals surface area contributed by atoms with Gasteiger partial charge in [0.25, 0.3) is 0 Å². The summed E-state index contributed by atoms with van der Waals surface area (Å²) in [5.41, 5.74) is 0. The third-order valence-corrected chi connectivity index (χ3v) is 3.73. The zero-order chi connectivity index (χ0) is 10.8. The summed E-state index contributed by atoms with van der Waals surface area (Å²) in [5, 5.41) is 8.17. The van der Waals surface area contributed by atoms with Crippen molar-refractivity contribution in [2.24, 2.45) is 0 Å². The second-order valence-electron chi connectivity index (χ2n) is 4.19. The maximum atomic E-state index is 5.65. The van der Waals surface area contributed by atoms with Crippen LogP contribution in [0.25, 0.3) is 0 Å². The number of hydrogen-bond donors (Lipinski definition) is 0. The molecule has 1 saturated heterocycles. The van der Waals surface area contributed by atoms with Crippen molar-refractivity contribution < 1.29 is 4.42 Å². The summed E-state index contributed by atoms with van der Waals surface area (Å²) < 4.78 is 5.65. The van der Waals surface area contributed by atoms with Crippen molar-refractivity contribution in [1.82, 2.24) is 10.2 Å². The summed E-state index contributed by atoms with van der Waals surface area (Å²) in [4.78, 5) is 2.20. The predicted octanol–water partition coefficient (Wildman–Crippen LogP) is 2.13. The minimum absolute atomic E-state index is 0.306. The van der Waals surface area contributed by atoms with Gasteiger partial charge in [-0.2, -0.15) is 11.8 Å². The van der Waals surface area contributed by atoms with Gasteiger partial charge in [0.15, 0.2) is 0 Å². The first-order valence-electron chi connectivity index (χ1n) is 5.36. The van der Waals surface area contributed by atoms with Gasteiger partial charge < -0.3 is 9.32 Å².